The zero-order chi connectivity index (χ0) is 22.2. The zero-order valence-corrected chi connectivity index (χ0v) is 19.9. The van der Waals surface area contributed by atoms with Crippen molar-refractivity contribution in [3.63, 3.8) is 0 Å². The summed E-state index contributed by atoms with van der Waals surface area (Å²) in [4.78, 5) is 22.7. The van der Waals surface area contributed by atoms with Crippen molar-refractivity contribution < 1.29 is 14.7 Å². The molecule has 0 aliphatic rings. The van der Waals surface area contributed by atoms with Crippen LogP contribution in [0.1, 0.15) is 117 Å². The van der Waals surface area contributed by atoms with Gasteiger partial charge in [-0.05, 0) is 20.5 Å². The highest BCUT2D eigenvalue weighted by Gasteiger charge is 2.00. The average Bonchev–Trinajstić information content (AvgIpc) is 2.64. The van der Waals surface area contributed by atoms with Crippen molar-refractivity contribution in [1.82, 2.24) is 10.2 Å². The van der Waals surface area contributed by atoms with Crippen molar-refractivity contribution in [2.75, 3.05) is 27.2 Å². The average molecular weight is 415 g/mol. The van der Waals surface area contributed by atoms with E-state index in [2.05, 4.69) is 17.1 Å². The molecule has 5 heteroatoms. The number of likely N-dealkylation sites (N-methyl/N-ethyl adjacent to an activating group) is 1. The van der Waals surface area contributed by atoms with Crippen LogP contribution in [0.4, 0.5) is 0 Å². The molecule has 0 unspecified atom stereocenters. The summed E-state index contributed by atoms with van der Waals surface area (Å²) in [6, 6.07) is 0. The zero-order valence-electron chi connectivity index (χ0n) is 19.9. The maximum Gasteiger partial charge on any atom is 0.300 e. The topological polar surface area (TPSA) is 69.6 Å². The molecule has 0 spiro atoms. The Morgan fingerprint density at radius 2 is 1.07 bits per heavy atom. The van der Waals surface area contributed by atoms with Crippen LogP contribution >= 0.6 is 0 Å². The molecule has 0 atom stereocenters. The van der Waals surface area contributed by atoms with Crippen LogP contribution in [0, 0.1) is 0 Å². The number of carbonyl (C=O) groups excluding carboxylic acids is 1. The lowest BCUT2D eigenvalue weighted by Gasteiger charge is -2.10. The minimum atomic E-state index is -0.833. The first kappa shape index (κ1) is 30.1. The van der Waals surface area contributed by atoms with Gasteiger partial charge in [0, 0.05) is 26.4 Å². The van der Waals surface area contributed by atoms with Crippen LogP contribution in [-0.4, -0.2) is 49.1 Å². The Morgan fingerprint density at radius 3 is 1.41 bits per heavy atom. The number of carbonyl (C=O) groups is 2. The van der Waals surface area contributed by atoms with Gasteiger partial charge in [-0.15, -0.1) is 0 Å². The molecule has 0 fully saturated rings. The number of unbranched alkanes of at least 4 members (excludes halogenated alkanes) is 14. The molecular weight excluding hydrogens is 364 g/mol. The van der Waals surface area contributed by atoms with Gasteiger partial charge >= 0.3 is 0 Å². The number of hydrogen-bond donors (Lipinski definition) is 2. The van der Waals surface area contributed by atoms with Gasteiger partial charge in [0.2, 0.25) is 5.91 Å². The van der Waals surface area contributed by atoms with E-state index >= 15 is 0 Å². The Kier molecular flexibility index (Phi) is 25.9. The molecule has 1 amide bonds. The molecule has 0 saturated carbocycles. The standard InChI is InChI=1S/C22H46N2O.C2H4O2/c1-4-5-6-7-8-9-10-11-12-13-14-15-16-17-18-19-22(25)23-20-21-24(2)3;1-2(3)4/h4-21H2,1-3H3,(H,23,25);1H3,(H,3,4). The molecule has 0 aromatic rings. The fraction of sp³-hybridized carbons (Fsp3) is 0.917. The number of hydrogen-bond acceptors (Lipinski definition) is 3. The third kappa shape index (κ3) is 34.8. The Morgan fingerprint density at radius 1 is 0.724 bits per heavy atom. The van der Waals surface area contributed by atoms with Crippen LogP contribution in [0.2, 0.25) is 0 Å². The summed E-state index contributed by atoms with van der Waals surface area (Å²) in [5.74, 6) is -0.614. The summed E-state index contributed by atoms with van der Waals surface area (Å²) in [5, 5.41) is 10.4. The molecular formula is C24H50N2O3. The summed E-state index contributed by atoms with van der Waals surface area (Å²) >= 11 is 0. The van der Waals surface area contributed by atoms with E-state index in [-0.39, 0.29) is 5.91 Å². The lowest BCUT2D eigenvalue weighted by molar-refractivity contribution is -0.134. The smallest absolute Gasteiger partial charge is 0.300 e. The lowest BCUT2D eigenvalue weighted by atomic mass is 10.0. The fourth-order valence-electron chi connectivity index (χ4n) is 3.16. The van der Waals surface area contributed by atoms with E-state index in [1.807, 2.05) is 14.1 Å². The van der Waals surface area contributed by atoms with Crippen molar-refractivity contribution in [3.05, 3.63) is 0 Å². The Bertz CT molecular complexity index is 356. The molecule has 0 aliphatic carbocycles. The summed E-state index contributed by atoms with van der Waals surface area (Å²) in [5.41, 5.74) is 0. The summed E-state index contributed by atoms with van der Waals surface area (Å²) < 4.78 is 0. The maximum absolute atomic E-state index is 11.6. The number of amides is 1. The first-order chi connectivity index (χ1) is 13.9. The van der Waals surface area contributed by atoms with Gasteiger partial charge in [0.15, 0.2) is 0 Å². The quantitative estimate of drug-likeness (QED) is 0.254. The van der Waals surface area contributed by atoms with Gasteiger partial charge in [0.05, 0.1) is 0 Å². The largest absolute Gasteiger partial charge is 0.481 e. The molecule has 0 heterocycles. The SMILES string of the molecule is CC(=O)O.CCCCCCCCCCCCCCCCCC(=O)NCCN(C)C. The fourth-order valence-corrected chi connectivity index (χ4v) is 3.16. The van der Waals surface area contributed by atoms with Crippen LogP contribution in [0.3, 0.4) is 0 Å². The van der Waals surface area contributed by atoms with Crippen molar-refractivity contribution in [2.24, 2.45) is 0 Å². The molecule has 0 aromatic heterocycles. The first-order valence-electron chi connectivity index (χ1n) is 12.0. The Balaban J connectivity index is 0. The van der Waals surface area contributed by atoms with Crippen molar-refractivity contribution >= 4 is 11.9 Å². The molecule has 0 radical (unpaired) electrons. The van der Waals surface area contributed by atoms with E-state index < -0.39 is 5.97 Å². The first-order valence-corrected chi connectivity index (χ1v) is 12.0. The van der Waals surface area contributed by atoms with Crippen LogP contribution in [0.25, 0.3) is 0 Å². The third-order valence-electron chi connectivity index (χ3n) is 4.89. The second-order valence-electron chi connectivity index (χ2n) is 8.37. The third-order valence-corrected chi connectivity index (χ3v) is 4.89. The molecule has 0 aliphatic heterocycles. The highest BCUT2D eigenvalue weighted by Crippen LogP contribution is 2.13. The second-order valence-corrected chi connectivity index (χ2v) is 8.37. The maximum atomic E-state index is 11.6. The van der Waals surface area contributed by atoms with Gasteiger partial charge in [0.1, 0.15) is 0 Å². The lowest BCUT2D eigenvalue weighted by Crippen LogP contribution is -2.31. The molecule has 0 rings (SSSR count). The monoisotopic (exact) mass is 414 g/mol. The van der Waals surface area contributed by atoms with Crippen LogP contribution in [0.5, 0.6) is 0 Å². The van der Waals surface area contributed by atoms with E-state index in [9.17, 15) is 4.79 Å². The predicted octanol–water partition coefficient (Wildman–Crippen LogP) is 6.02. The highest BCUT2D eigenvalue weighted by molar-refractivity contribution is 5.75. The van der Waals surface area contributed by atoms with Crippen molar-refractivity contribution in [2.45, 2.75) is 117 Å². The normalized spacial score (nSPS) is 10.5. The number of rotatable bonds is 19. The van der Waals surface area contributed by atoms with E-state index in [0.717, 1.165) is 26.4 Å². The number of aliphatic carboxylic acids is 1. The van der Waals surface area contributed by atoms with E-state index in [4.69, 9.17) is 9.90 Å². The minimum absolute atomic E-state index is 0.219. The number of carboxylic acid groups (broad SMARTS) is 1. The molecule has 29 heavy (non-hydrogen) atoms. The van der Waals surface area contributed by atoms with E-state index in [1.54, 1.807) is 0 Å². The van der Waals surface area contributed by atoms with Crippen LogP contribution in [0.15, 0.2) is 0 Å². The van der Waals surface area contributed by atoms with Crippen molar-refractivity contribution in [3.8, 4) is 0 Å². The highest BCUT2D eigenvalue weighted by atomic mass is 16.4. The van der Waals surface area contributed by atoms with Gasteiger partial charge in [-0.3, -0.25) is 9.59 Å². The number of nitrogens with zero attached hydrogens (tertiary/aromatic N) is 1. The van der Waals surface area contributed by atoms with Gasteiger partial charge in [-0.1, -0.05) is 96.8 Å². The molecule has 0 saturated heterocycles. The van der Waals surface area contributed by atoms with Crippen LogP contribution in [-0.2, 0) is 9.59 Å². The summed E-state index contributed by atoms with van der Waals surface area (Å²) in [7, 11) is 4.06. The number of carboxylic acids is 1. The molecule has 0 bridgehead atoms. The Hall–Kier alpha value is -1.10. The van der Waals surface area contributed by atoms with Gasteiger partial charge in [-0.2, -0.15) is 0 Å². The molecule has 2 N–H and O–H groups in total. The predicted molar refractivity (Wildman–Crippen MR) is 124 cm³/mol. The minimum Gasteiger partial charge on any atom is -0.481 e. The summed E-state index contributed by atoms with van der Waals surface area (Å²) in [6.07, 6.45) is 21.2. The van der Waals surface area contributed by atoms with Gasteiger partial charge in [-0.25, -0.2) is 0 Å². The molecule has 0 aromatic carbocycles. The van der Waals surface area contributed by atoms with Crippen molar-refractivity contribution in [1.29, 1.82) is 0 Å². The Labute approximate surface area is 181 Å². The van der Waals surface area contributed by atoms with Gasteiger partial charge < -0.3 is 15.3 Å². The second kappa shape index (κ2) is 24.9. The summed E-state index contributed by atoms with van der Waals surface area (Å²) in [6.45, 7) is 5.06. The van der Waals surface area contributed by atoms with E-state index in [0.29, 0.717) is 6.42 Å². The number of nitrogens with one attached hydrogen (secondary N) is 1. The van der Waals surface area contributed by atoms with Crippen LogP contribution < -0.4 is 5.32 Å². The van der Waals surface area contributed by atoms with E-state index in [1.165, 1.54) is 89.9 Å². The molecule has 5 nitrogen and oxygen atoms in total. The van der Waals surface area contributed by atoms with Gasteiger partial charge in [0.25, 0.3) is 5.97 Å². The molecule has 174 valence electrons.